The van der Waals surface area contributed by atoms with E-state index in [0.717, 1.165) is 38.8 Å². The summed E-state index contributed by atoms with van der Waals surface area (Å²) in [7, 11) is 0. The molecule has 8 nitrogen and oxygen atoms in total. The number of imidazole rings is 1. The second kappa shape index (κ2) is 10.0. The summed E-state index contributed by atoms with van der Waals surface area (Å²) in [6.07, 6.45) is 6.10. The number of amides is 1. The molecule has 11 heteroatoms. The van der Waals surface area contributed by atoms with Crippen LogP contribution in [-0.2, 0) is 0 Å². The van der Waals surface area contributed by atoms with E-state index in [-0.39, 0.29) is 17.7 Å². The van der Waals surface area contributed by atoms with Crippen molar-refractivity contribution in [2.75, 3.05) is 26.2 Å². The van der Waals surface area contributed by atoms with Crippen LogP contribution in [0.25, 0.3) is 22.6 Å². The Balaban J connectivity index is 1.35. The van der Waals surface area contributed by atoms with Crippen LogP contribution in [0, 0.1) is 0 Å². The zero-order chi connectivity index (χ0) is 26.3. The van der Waals surface area contributed by atoms with E-state index in [1.165, 1.54) is 31.3 Å². The first-order chi connectivity index (χ1) is 18.4. The van der Waals surface area contributed by atoms with Crippen LogP contribution in [0.2, 0.25) is 0 Å². The fraction of sp³-hybridized carbons (Fsp3) is 0.481. The Hall–Kier alpha value is -3.47. The smallest absolute Gasteiger partial charge is 0.406 e. The van der Waals surface area contributed by atoms with Crippen LogP contribution in [0.1, 0.15) is 55.1 Å². The minimum Gasteiger partial charge on any atom is -0.406 e. The largest absolute Gasteiger partial charge is 0.573 e. The molecule has 4 heterocycles. The number of ether oxygens (including phenoxy) is 1. The van der Waals surface area contributed by atoms with E-state index in [1.807, 2.05) is 9.47 Å². The van der Waals surface area contributed by atoms with Gasteiger partial charge in [0.05, 0.1) is 0 Å². The van der Waals surface area contributed by atoms with Gasteiger partial charge in [-0.25, -0.2) is 15.0 Å². The average Bonchev–Trinajstić information content (AvgIpc) is 3.45. The van der Waals surface area contributed by atoms with Crippen molar-refractivity contribution in [2.24, 2.45) is 0 Å². The first kappa shape index (κ1) is 24.8. The SMILES string of the molecule is O=C(c1c(-c2cncnc2)nc(-c2ccc(OC(F)(F)F)cc2)n1C1CC1)N1CCC(N2CCCC2)CC1. The maximum Gasteiger partial charge on any atom is 0.573 e. The Bertz CT molecular complexity index is 1280. The summed E-state index contributed by atoms with van der Waals surface area (Å²) >= 11 is 0. The van der Waals surface area contributed by atoms with Crippen LogP contribution in [0.4, 0.5) is 13.2 Å². The van der Waals surface area contributed by atoms with Crippen LogP contribution in [0.15, 0.2) is 43.0 Å². The predicted molar refractivity (Wildman–Crippen MR) is 133 cm³/mol. The molecule has 1 aliphatic carbocycles. The van der Waals surface area contributed by atoms with E-state index in [1.54, 1.807) is 24.5 Å². The first-order valence-corrected chi connectivity index (χ1v) is 13.1. The van der Waals surface area contributed by atoms with Gasteiger partial charge in [-0.15, -0.1) is 13.2 Å². The molecule has 0 atom stereocenters. The zero-order valence-corrected chi connectivity index (χ0v) is 20.9. The predicted octanol–water partition coefficient (Wildman–Crippen LogP) is 4.94. The fourth-order valence-corrected chi connectivity index (χ4v) is 5.65. The number of alkyl halides is 3. The highest BCUT2D eigenvalue weighted by atomic mass is 19.4. The monoisotopic (exact) mass is 526 g/mol. The lowest BCUT2D eigenvalue weighted by Gasteiger charge is -2.36. The third-order valence-corrected chi connectivity index (χ3v) is 7.61. The molecule has 3 aromatic rings. The van der Waals surface area contributed by atoms with Crippen molar-refractivity contribution in [3.63, 3.8) is 0 Å². The molecule has 0 radical (unpaired) electrons. The van der Waals surface area contributed by atoms with Gasteiger partial charge in [0.2, 0.25) is 0 Å². The maximum absolute atomic E-state index is 14.1. The molecule has 200 valence electrons. The second-order valence-electron chi connectivity index (χ2n) is 10.2. The number of hydrogen-bond acceptors (Lipinski definition) is 6. The molecular weight excluding hydrogens is 497 g/mol. The molecule has 2 saturated heterocycles. The lowest BCUT2D eigenvalue weighted by atomic mass is 10.0. The third-order valence-electron chi connectivity index (χ3n) is 7.61. The van der Waals surface area contributed by atoms with Gasteiger partial charge in [0, 0.05) is 48.7 Å². The summed E-state index contributed by atoms with van der Waals surface area (Å²) in [6, 6.07) is 6.25. The highest BCUT2D eigenvalue weighted by Crippen LogP contribution is 2.43. The van der Waals surface area contributed by atoms with Gasteiger partial charge in [0.1, 0.15) is 29.3 Å². The highest BCUT2D eigenvalue weighted by Gasteiger charge is 2.37. The van der Waals surface area contributed by atoms with E-state index in [9.17, 15) is 18.0 Å². The van der Waals surface area contributed by atoms with Gasteiger partial charge < -0.3 is 19.1 Å². The highest BCUT2D eigenvalue weighted by molar-refractivity contribution is 5.99. The van der Waals surface area contributed by atoms with E-state index in [4.69, 9.17) is 4.98 Å². The molecule has 3 fully saturated rings. The van der Waals surface area contributed by atoms with Crippen molar-refractivity contribution >= 4 is 5.91 Å². The third kappa shape index (κ3) is 5.11. The Morgan fingerprint density at radius 2 is 1.53 bits per heavy atom. The Labute approximate surface area is 218 Å². The zero-order valence-electron chi connectivity index (χ0n) is 20.9. The Morgan fingerprint density at radius 3 is 2.13 bits per heavy atom. The van der Waals surface area contributed by atoms with Gasteiger partial charge in [0.15, 0.2) is 0 Å². The summed E-state index contributed by atoms with van der Waals surface area (Å²) in [4.78, 5) is 31.7. The normalized spacial score (nSPS) is 19.2. The number of nitrogens with zero attached hydrogens (tertiary/aromatic N) is 6. The molecule has 3 aliphatic rings. The topological polar surface area (TPSA) is 76.4 Å². The van der Waals surface area contributed by atoms with Gasteiger partial charge in [-0.05, 0) is 75.9 Å². The minimum absolute atomic E-state index is 0.0774. The van der Waals surface area contributed by atoms with Crippen molar-refractivity contribution in [3.05, 3.63) is 48.7 Å². The minimum atomic E-state index is -4.77. The molecule has 1 aromatic carbocycles. The number of carbonyl (C=O) groups is 1. The van der Waals surface area contributed by atoms with Crippen molar-refractivity contribution in [3.8, 4) is 28.4 Å². The van der Waals surface area contributed by atoms with Crippen LogP contribution >= 0.6 is 0 Å². The average molecular weight is 527 g/mol. The van der Waals surface area contributed by atoms with Crippen LogP contribution in [-0.4, -0.2) is 73.8 Å². The fourth-order valence-electron chi connectivity index (χ4n) is 5.65. The van der Waals surface area contributed by atoms with Crippen molar-refractivity contribution in [1.82, 2.24) is 29.3 Å². The lowest BCUT2D eigenvalue weighted by molar-refractivity contribution is -0.274. The number of likely N-dealkylation sites (tertiary alicyclic amines) is 2. The molecule has 1 saturated carbocycles. The molecular formula is C27H29F3N6O2. The van der Waals surface area contributed by atoms with Gasteiger partial charge in [0.25, 0.3) is 5.91 Å². The Kier molecular flexibility index (Phi) is 6.55. The number of aromatic nitrogens is 4. The first-order valence-electron chi connectivity index (χ1n) is 13.1. The molecule has 0 spiro atoms. The van der Waals surface area contributed by atoms with Crippen molar-refractivity contribution in [1.29, 1.82) is 0 Å². The number of benzene rings is 1. The number of piperidine rings is 1. The molecule has 1 amide bonds. The summed E-state index contributed by atoms with van der Waals surface area (Å²) in [6.45, 7) is 3.64. The van der Waals surface area contributed by atoms with Crippen LogP contribution in [0.3, 0.4) is 0 Å². The summed E-state index contributed by atoms with van der Waals surface area (Å²) < 4.78 is 44.0. The quantitative estimate of drug-likeness (QED) is 0.453. The van der Waals surface area contributed by atoms with Crippen molar-refractivity contribution in [2.45, 2.75) is 57.0 Å². The maximum atomic E-state index is 14.1. The number of carbonyl (C=O) groups excluding carboxylic acids is 1. The number of hydrogen-bond donors (Lipinski definition) is 0. The van der Waals surface area contributed by atoms with E-state index < -0.39 is 6.36 Å². The standard InChI is InChI=1S/C27H29F3N6O2/c28-27(29,30)38-22-7-3-18(4-8-22)25-33-23(19-15-31-17-32-16-19)24(36(25)21-5-6-21)26(37)35-13-9-20(10-14-35)34-11-1-2-12-34/h3-4,7-8,15-17,20-21H,1-2,5-6,9-14H2. The van der Waals surface area contributed by atoms with E-state index in [0.29, 0.717) is 47.5 Å². The van der Waals surface area contributed by atoms with Crippen LogP contribution < -0.4 is 4.74 Å². The lowest BCUT2D eigenvalue weighted by Crippen LogP contribution is -2.46. The molecule has 38 heavy (non-hydrogen) atoms. The van der Waals surface area contributed by atoms with Gasteiger partial charge in [-0.1, -0.05) is 0 Å². The molecule has 0 unspecified atom stereocenters. The molecule has 0 bridgehead atoms. The molecule has 0 N–H and O–H groups in total. The molecule has 2 aliphatic heterocycles. The van der Waals surface area contributed by atoms with Crippen molar-refractivity contribution < 1.29 is 22.7 Å². The Morgan fingerprint density at radius 1 is 0.868 bits per heavy atom. The molecule has 6 rings (SSSR count). The van der Waals surface area contributed by atoms with E-state index in [2.05, 4.69) is 19.6 Å². The van der Waals surface area contributed by atoms with Crippen LogP contribution in [0.5, 0.6) is 5.75 Å². The van der Waals surface area contributed by atoms with Gasteiger partial charge in [-0.3, -0.25) is 4.79 Å². The number of halogens is 3. The second-order valence-corrected chi connectivity index (χ2v) is 10.2. The summed E-state index contributed by atoms with van der Waals surface area (Å²) in [5.74, 6) is 0.159. The summed E-state index contributed by atoms with van der Waals surface area (Å²) in [5.41, 5.74) is 2.22. The van der Waals surface area contributed by atoms with E-state index >= 15 is 0 Å². The van der Waals surface area contributed by atoms with Gasteiger partial charge in [-0.2, -0.15) is 0 Å². The summed E-state index contributed by atoms with van der Waals surface area (Å²) in [5, 5.41) is 0. The number of rotatable bonds is 6. The molecule has 2 aromatic heterocycles. The van der Waals surface area contributed by atoms with Gasteiger partial charge >= 0.3 is 6.36 Å².